The van der Waals surface area contributed by atoms with Crippen molar-refractivity contribution >= 4 is 55.7 Å². The highest BCUT2D eigenvalue weighted by Gasteiger charge is 2.31. The molecule has 554 valence electrons. The number of rotatable bonds is 43. The molecule has 0 spiro atoms. The number of hydrogen-bond acceptors (Lipinski definition) is 2. The highest BCUT2D eigenvalue weighted by Crippen LogP contribution is 2.54. The van der Waals surface area contributed by atoms with Gasteiger partial charge in [-0.25, -0.2) is 0 Å². The summed E-state index contributed by atoms with van der Waals surface area (Å²) in [5.41, 5.74) is 21.0. The van der Waals surface area contributed by atoms with Crippen molar-refractivity contribution in [1.82, 2.24) is 0 Å². The van der Waals surface area contributed by atoms with Gasteiger partial charge in [0.25, 0.3) is 0 Å². The third kappa shape index (κ3) is 24.5. The van der Waals surface area contributed by atoms with Crippen LogP contribution in [0.4, 0.5) is 34.1 Å². The highest BCUT2D eigenvalue weighted by atomic mass is 15.2. The van der Waals surface area contributed by atoms with Gasteiger partial charge in [0, 0.05) is 44.3 Å². The Morgan fingerprint density at radius 1 is 0.216 bits per heavy atom. The van der Waals surface area contributed by atoms with Crippen molar-refractivity contribution in [2.24, 2.45) is 0 Å². The molecule has 0 atom stereocenters. The second-order valence-corrected chi connectivity index (χ2v) is 35.5. The Bertz CT molecular complexity index is 3630. The maximum absolute atomic E-state index is 2.79. The van der Waals surface area contributed by atoms with E-state index in [0.29, 0.717) is 0 Å². The average molecular weight is 1370 g/mol. The lowest BCUT2D eigenvalue weighted by Gasteiger charge is -2.36. The van der Waals surface area contributed by atoms with Crippen LogP contribution in [0.25, 0.3) is 32.7 Å². The van der Waals surface area contributed by atoms with E-state index in [1.165, 1.54) is 317 Å². The van der Waals surface area contributed by atoms with Crippen LogP contribution in [-0.4, -0.2) is 0 Å². The van der Waals surface area contributed by atoms with E-state index >= 15 is 0 Å². The van der Waals surface area contributed by atoms with Gasteiger partial charge in [0.05, 0.1) is 11.4 Å². The molecule has 0 aliphatic carbocycles. The molecule has 8 aromatic rings. The van der Waals surface area contributed by atoms with Gasteiger partial charge in [-0.3, -0.25) is 0 Å². The predicted octanol–water partition coefficient (Wildman–Crippen LogP) is 32.5. The van der Waals surface area contributed by atoms with Crippen LogP contribution in [-0.2, 0) is 47.3 Å². The zero-order valence-electron chi connectivity index (χ0n) is 68.2. The van der Waals surface area contributed by atoms with Crippen LogP contribution in [0.15, 0.2) is 146 Å². The largest absolute Gasteiger partial charge is 0.309 e. The van der Waals surface area contributed by atoms with Crippen molar-refractivity contribution in [3.63, 3.8) is 0 Å². The maximum atomic E-state index is 2.79. The maximum Gasteiger partial charge on any atom is 0.0620 e. The molecule has 2 heteroatoms. The smallest absolute Gasteiger partial charge is 0.0620 e. The molecule has 2 nitrogen and oxygen atoms in total. The Morgan fingerprint density at radius 2 is 0.471 bits per heavy atom. The molecule has 0 saturated heterocycles. The van der Waals surface area contributed by atoms with E-state index in [9.17, 15) is 0 Å². The summed E-state index contributed by atoms with van der Waals surface area (Å²) in [7, 11) is 0. The van der Waals surface area contributed by atoms with E-state index in [1.807, 2.05) is 0 Å². The summed E-state index contributed by atoms with van der Waals surface area (Å²) >= 11 is 0. The lowest BCUT2D eigenvalue weighted by molar-refractivity contribution is 0.568. The van der Waals surface area contributed by atoms with Crippen LogP contribution < -0.4 is 9.80 Å². The van der Waals surface area contributed by atoms with Crippen LogP contribution in [0.1, 0.15) is 361 Å². The van der Waals surface area contributed by atoms with Crippen molar-refractivity contribution in [3.05, 3.63) is 190 Å². The quantitative estimate of drug-likeness (QED) is 0.0214. The number of aryl methyl sites for hydroxylation is 4. The van der Waals surface area contributed by atoms with Gasteiger partial charge in [-0.05, 0) is 183 Å². The topological polar surface area (TPSA) is 6.48 Å². The number of unbranched alkanes of at least 4 members (excludes halogenated alkanes) is 28. The molecule has 0 fully saturated rings. The van der Waals surface area contributed by atoms with Gasteiger partial charge in [-0.2, -0.15) is 0 Å². The third-order valence-corrected chi connectivity index (χ3v) is 22.2. The summed E-state index contributed by atoms with van der Waals surface area (Å²) in [4.78, 5) is 5.57. The molecule has 0 heterocycles. The molecule has 8 rings (SSSR count). The normalized spacial score (nSPS) is 12.4. The Morgan fingerprint density at radius 3 is 0.765 bits per heavy atom. The lowest BCUT2D eigenvalue weighted by Crippen LogP contribution is -2.20. The van der Waals surface area contributed by atoms with Gasteiger partial charge in [0.1, 0.15) is 0 Å². The van der Waals surface area contributed by atoms with Crippen molar-refractivity contribution in [3.8, 4) is 11.1 Å². The molecule has 0 amide bonds. The van der Waals surface area contributed by atoms with E-state index in [4.69, 9.17) is 0 Å². The molecule has 8 aromatic carbocycles. The van der Waals surface area contributed by atoms with Crippen LogP contribution >= 0.6 is 0 Å². The van der Waals surface area contributed by atoms with Crippen molar-refractivity contribution < 1.29 is 0 Å². The standard InChI is InChI=1S/C100H144N2/c1-17-21-25-29-33-37-41-46-54-77-64-78(55-47-42-38-34-30-26-22-18-2)67-87(66-77)101(89-73-83(97(5,6)7)71-84(74-89)98(8,9)10)95-91-60-52-53-61-92(91)96(94-70-82(62-63-93(94)95)81-58-50-45-51-59-81)102(90-75-85(99(11,12)13)72-86(76-90)100(14,15)16)88-68-79(56-48-43-39-35-31-27-23-19-3)65-80(69-88)57-49-44-40-36-32-28-24-20-4/h45,50-53,58-76H,17-44,46-49,54-57H2,1-16H3. The molecule has 0 N–H and O–H groups in total. The van der Waals surface area contributed by atoms with Crippen LogP contribution in [0, 0.1) is 0 Å². The van der Waals surface area contributed by atoms with Gasteiger partial charge in [0.2, 0.25) is 0 Å². The third-order valence-electron chi connectivity index (χ3n) is 22.2. The number of fused-ring (bicyclic) bond motifs is 2. The molecule has 0 aliphatic heterocycles. The minimum atomic E-state index is -0.0971. The van der Waals surface area contributed by atoms with Crippen LogP contribution in [0.3, 0.4) is 0 Å². The Labute approximate surface area is 626 Å². The molecular formula is C100H144N2. The monoisotopic (exact) mass is 1370 g/mol. The van der Waals surface area contributed by atoms with E-state index in [-0.39, 0.29) is 21.7 Å². The molecular weight excluding hydrogens is 1230 g/mol. The van der Waals surface area contributed by atoms with Crippen molar-refractivity contribution in [2.75, 3.05) is 9.80 Å². The average Bonchev–Trinajstić information content (AvgIpc) is 0.716. The summed E-state index contributed by atoms with van der Waals surface area (Å²) in [5.74, 6) is 0. The van der Waals surface area contributed by atoms with E-state index in [1.54, 1.807) is 0 Å². The fourth-order valence-corrected chi connectivity index (χ4v) is 15.6. The molecule has 0 aromatic heterocycles. The molecule has 0 aliphatic rings. The fourth-order valence-electron chi connectivity index (χ4n) is 15.6. The molecule has 0 unspecified atom stereocenters. The predicted molar refractivity (Wildman–Crippen MR) is 456 cm³/mol. The van der Waals surface area contributed by atoms with Gasteiger partial charge >= 0.3 is 0 Å². The number of benzene rings is 8. The summed E-state index contributed by atoms with van der Waals surface area (Å²) < 4.78 is 0. The Hall–Kier alpha value is -6.12. The number of hydrogen-bond donors (Lipinski definition) is 0. The second-order valence-electron chi connectivity index (χ2n) is 35.5. The Kier molecular flexibility index (Phi) is 32.3. The minimum Gasteiger partial charge on any atom is -0.309 e. The number of anilines is 6. The van der Waals surface area contributed by atoms with Crippen molar-refractivity contribution in [2.45, 2.75) is 364 Å². The van der Waals surface area contributed by atoms with Crippen molar-refractivity contribution in [1.29, 1.82) is 0 Å². The molecule has 0 radical (unpaired) electrons. The van der Waals surface area contributed by atoms with Crippen LogP contribution in [0.5, 0.6) is 0 Å². The first kappa shape index (κ1) is 81.5. The second kappa shape index (κ2) is 40.4. The molecule has 102 heavy (non-hydrogen) atoms. The highest BCUT2D eigenvalue weighted by molar-refractivity contribution is 6.24. The van der Waals surface area contributed by atoms with Crippen LogP contribution in [0.2, 0.25) is 0 Å². The summed E-state index contributed by atoms with van der Waals surface area (Å²) in [5, 5.41) is 5.07. The van der Waals surface area contributed by atoms with E-state index in [2.05, 4.69) is 266 Å². The van der Waals surface area contributed by atoms with E-state index < -0.39 is 0 Å². The van der Waals surface area contributed by atoms with Gasteiger partial charge in [-0.15, -0.1) is 0 Å². The van der Waals surface area contributed by atoms with Gasteiger partial charge < -0.3 is 9.80 Å². The summed E-state index contributed by atoms with van der Waals surface area (Å²) in [6.45, 7) is 38.3. The summed E-state index contributed by atoms with van der Waals surface area (Å²) in [6, 6.07) is 59.7. The first-order chi connectivity index (χ1) is 49.0. The van der Waals surface area contributed by atoms with Gasteiger partial charge in [-0.1, -0.05) is 382 Å². The Balaban J connectivity index is 1.46. The zero-order valence-corrected chi connectivity index (χ0v) is 68.2. The molecule has 0 bridgehead atoms. The fraction of sp³-hybridized carbons (Fsp3) is 0.560. The first-order valence-electron chi connectivity index (χ1n) is 42.2. The first-order valence-corrected chi connectivity index (χ1v) is 42.2. The minimum absolute atomic E-state index is 0.0930. The number of nitrogens with zero attached hydrogens (tertiary/aromatic N) is 2. The summed E-state index contributed by atoms with van der Waals surface area (Å²) in [6.07, 6.45) is 46.6. The SMILES string of the molecule is CCCCCCCCCCc1cc(CCCCCCCCCC)cc(N(c2cc(C(C)(C)C)cc(C(C)(C)C)c2)c2c3ccccc3c(N(c3cc(CCCCCCCCCC)cc(CCCCCCCCCC)c3)c3cc(C(C)(C)C)cc(C(C)(C)C)c3)c3cc(-c4ccccc4)ccc23)c1. The lowest BCUT2D eigenvalue weighted by atomic mass is 9.80. The van der Waals surface area contributed by atoms with Gasteiger partial charge in [0.15, 0.2) is 0 Å². The molecule has 0 saturated carbocycles. The van der Waals surface area contributed by atoms with E-state index in [0.717, 1.165) is 25.7 Å². The zero-order chi connectivity index (χ0) is 73.1.